The van der Waals surface area contributed by atoms with E-state index in [4.69, 9.17) is 9.83 Å². The second kappa shape index (κ2) is 9.64. The molecular formula is C23H26BrN5O. The summed E-state index contributed by atoms with van der Waals surface area (Å²) in [5.41, 5.74) is 4.12. The largest absolute Gasteiger partial charge is 0.291 e. The predicted molar refractivity (Wildman–Crippen MR) is 122 cm³/mol. The molecule has 0 saturated carbocycles. The minimum Gasteiger partial charge on any atom is -0.291 e. The highest BCUT2D eigenvalue weighted by atomic mass is 79.9. The molecular weight excluding hydrogens is 442 g/mol. The van der Waals surface area contributed by atoms with Crippen LogP contribution in [-0.4, -0.2) is 38.6 Å². The van der Waals surface area contributed by atoms with Gasteiger partial charge >= 0.3 is 0 Å². The van der Waals surface area contributed by atoms with E-state index in [2.05, 4.69) is 68.8 Å². The van der Waals surface area contributed by atoms with Crippen LogP contribution in [0.3, 0.4) is 0 Å². The van der Waals surface area contributed by atoms with E-state index in [-0.39, 0.29) is 0 Å². The number of hydrogen-bond acceptors (Lipinski definition) is 5. The zero-order chi connectivity index (χ0) is 20.9. The number of halogens is 1. The summed E-state index contributed by atoms with van der Waals surface area (Å²) in [6.07, 6.45) is 2.09. The first-order valence-corrected chi connectivity index (χ1v) is 11.2. The number of nitrogens with zero attached hydrogens (tertiary/aromatic N) is 5. The summed E-state index contributed by atoms with van der Waals surface area (Å²) in [5.74, 6) is 1.61. The maximum Gasteiger partial charge on any atom is 0.165 e. The fourth-order valence-corrected chi connectivity index (χ4v) is 4.05. The van der Waals surface area contributed by atoms with E-state index >= 15 is 0 Å². The minimum absolute atomic E-state index is 0.378. The lowest BCUT2D eigenvalue weighted by molar-refractivity contribution is -0.171. The van der Waals surface area contributed by atoms with Crippen LogP contribution in [0.4, 0.5) is 0 Å². The highest BCUT2D eigenvalue weighted by Gasteiger charge is 2.23. The van der Waals surface area contributed by atoms with Crippen LogP contribution in [0.15, 0.2) is 58.0 Å². The second-order valence-corrected chi connectivity index (χ2v) is 8.18. The molecule has 0 saturated heterocycles. The van der Waals surface area contributed by atoms with Gasteiger partial charge in [-0.2, -0.15) is 5.06 Å². The molecule has 1 aliphatic heterocycles. The topological polar surface area (TPSA) is 55.5 Å². The molecule has 2 heterocycles. The van der Waals surface area contributed by atoms with Crippen LogP contribution in [0.1, 0.15) is 49.5 Å². The fourth-order valence-electron chi connectivity index (χ4n) is 3.69. The van der Waals surface area contributed by atoms with Crippen molar-refractivity contribution in [3.8, 4) is 5.69 Å². The molecule has 0 N–H and O–H groups in total. The molecule has 2 aromatic carbocycles. The third-order valence-corrected chi connectivity index (χ3v) is 5.49. The number of aliphatic imine (C=N–C) groups is 1. The summed E-state index contributed by atoms with van der Waals surface area (Å²) >= 11 is 3.62. The Bertz CT molecular complexity index is 1030. The Hall–Kier alpha value is -2.35. The van der Waals surface area contributed by atoms with Crippen molar-refractivity contribution in [1.82, 2.24) is 19.8 Å². The average Bonchev–Trinajstić information content (AvgIpc) is 3.08. The van der Waals surface area contributed by atoms with E-state index in [0.29, 0.717) is 13.2 Å². The van der Waals surface area contributed by atoms with Crippen molar-refractivity contribution in [2.75, 3.05) is 13.1 Å². The zero-order valence-electron chi connectivity index (χ0n) is 17.4. The van der Waals surface area contributed by atoms with E-state index in [9.17, 15) is 0 Å². The molecule has 0 spiro atoms. The predicted octanol–water partition coefficient (Wildman–Crippen LogP) is 4.93. The fraction of sp³-hybridized carbons (Fsp3) is 0.348. The van der Waals surface area contributed by atoms with E-state index in [1.807, 2.05) is 29.3 Å². The molecule has 0 amide bonds. The molecule has 6 nitrogen and oxygen atoms in total. The first-order valence-electron chi connectivity index (χ1n) is 10.4. The number of hydroxylamine groups is 2. The van der Waals surface area contributed by atoms with E-state index < -0.39 is 0 Å². The van der Waals surface area contributed by atoms with Gasteiger partial charge in [0.05, 0.1) is 11.4 Å². The van der Waals surface area contributed by atoms with Crippen molar-refractivity contribution in [1.29, 1.82) is 0 Å². The van der Waals surface area contributed by atoms with Gasteiger partial charge in [-0.3, -0.25) is 14.4 Å². The van der Waals surface area contributed by atoms with Crippen molar-refractivity contribution < 1.29 is 4.84 Å². The molecule has 3 aromatic rings. The summed E-state index contributed by atoms with van der Waals surface area (Å²) < 4.78 is 3.10. The second-order valence-electron chi connectivity index (χ2n) is 7.26. The van der Waals surface area contributed by atoms with Crippen molar-refractivity contribution in [3.63, 3.8) is 0 Å². The van der Waals surface area contributed by atoms with Crippen molar-refractivity contribution in [2.45, 2.75) is 39.8 Å². The highest BCUT2D eigenvalue weighted by molar-refractivity contribution is 9.10. The van der Waals surface area contributed by atoms with Crippen LogP contribution in [0.5, 0.6) is 0 Å². The molecule has 156 valence electrons. The standard InChI is InChI=1S/C23H26BrN5O/c1-3-12-28(13-4-2)30-16-22-27-26-21-15-25-23(17-8-6-5-7-9-17)19-14-18(24)10-11-20(19)29(21)22/h5-11,14H,3-4,12-13,15-16H2,1-2H3. The van der Waals surface area contributed by atoms with Gasteiger partial charge in [0.15, 0.2) is 11.6 Å². The van der Waals surface area contributed by atoms with Crippen LogP contribution < -0.4 is 0 Å². The summed E-state index contributed by atoms with van der Waals surface area (Å²) in [6.45, 7) is 6.97. The van der Waals surface area contributed by atoms with Crippen LogP contribution in [-0.2, 0) is 18.0 Å². The molecule has 0 aliphatic carbocycles. The maximum atomic E-state index is 6.09. The number of aromatic nitrogens is 3. The first kappa shape index (κ1) is 20.9. The van der Waals surface area contributed by atoms with E-state index in [1.165, 1.54) is 0 Å². The third kappa shape index (κ3) is 4.38. The third-order valence-electron chi connectivity index (χ3n) is 5.00. The lowest BCUT2D eigenvalue weighted by atomic mass is 10.0. The van der Waals surface area contributed by atoms with Crippen LogP contribution >= 0.6 is 15.9 Å². The van der Waals surface area contributed by atoms with E-state index in [0.717, 1.165) is 64.6 Å². The molecule has 30 heavy (non-hydrogen) atoms. The van der Waals surface area contributed by atoms with Gasteiger partial charge in [0, 0.05) is 28.7 Å². The van der Waals surface area contributed by atoms with Gasteiger partial charge in [-0.05, 0) is 31.0 Å². The molecule has 0 atom stereocenters. The quantitative estimate of drug-likeness (QED) is 0.440. The lowest BCUT2D eigenvalue weighted by Crippen LogP contribution is -2.26. The van der Waals surface area contributed by atoms with Gasteiger partial charge in [-0.25, -0.2) is 0 Å². The van der Waals surface area contributed by atoms with Gasteiger partial charge in [-0.15, -0.1) is 10.2 Å². The molecule has 0 bridgehead atoms. The van der Waals surface area contributed by atoms with Crippen LogP contribution in [0.25, 0.3) is 5.69 Å². The van der Waals surface area contributed by atoms with Crippen LogP contribution in [0, 0.1) is 0 Å². The number of benzene rings is 2. The molecule has 0 fully saturated rings. The first-order chi connectivity index (χ1) is 14.7. The molecule has 1 aliphatic rings. The Kier molecular flexibility index (Phi) is 6.72. The monoisotopic (exact) mass is 467 g/mol. The van der Waals surface area contributed by atoms with Gasteiger partial charge in [-0.1, -0.05) is 60.1 Å². The highest BCUT2D eigenvalue weighted by Crippen LogP contribution is 2.28. The molecule has 7 heteroatoms. The van der Waals surface area contributed by atoms with Gasteiger partial charge in [0.2, 0.25) is 0 Å². The molecule has 0 unspecified atom stereocenters. The summed E-state index contributed by atoms with van der Waals surface area (Å²) in [6, 6.07) is 16.5. The van der Waals surface area contributed by atoms with Gasteiger partial charge in [0.25, 0.3) is 0 Å². The number of fused-ring (bicyclic) bond motifs is 3. The van der Waals surface area contributed by atoms with Crippen molar-refractivity contribution in [2.24, 2.45) is 4.99 Å². The summed E-state index contributed by atoms with van der Waals surface area (Å²) in [7, 11) is 0. The normalized spacial score (nSPS) is 13.0. The lowest BCUT2D eigenvalue weighted by Gasteiger charge is -2.20. The molecule has 0 radical (unpaired) electrons. The van der Waals surface area contributed by atoms with Gasteiger partial charge < -0.3 is 0 Å². The van der Waals surface area contributed by atoms with Crippen molar-refractivity contribution >= 4 is 21.6 Å². The average molecular weight is 468 g/mol. The Morgan fingerprint density at radius 3 is 2.53 bits per heavy atom. The Balaban J connectivity index is 1.72. The Labute approximate surface area is 185 Å². The SMILES string of the molecule is CCCN(CCC)OCc1nnc2n1-c1ccc(Br)cc1C(c1ccccc1)=NC2. The Morgan fingerprint density at radius 1 is 1.03 bits per heavy atom. The molecule has 4 rings (SSSR count). The number of hydrogen-bond donors (Lipinski definition) is 0. The van der Waals surface area contributed by atoms with Gasteiger partial charge in [0.1, 0.15) is 13.2 Å². The summed E-state index contributed by atoms with van der Waals surface area (Å²) in [5, 5.41) is 10.9. The van der Waals surface area contributed by atoms with E-state index in [1.54, 1.807) is 0 Å². The minimum atomic E-state index is 0.378. The smallest absolute Gasteiger partial charge is 0.165 e. The maximum absolute atomic E-state index is 6.09. The zero-order valence-corrected chi connectivity index (χ0v) is 19.0. The number of rotatable bonds is 8. The Morgan fingerprint density at radius 2 is 1.80 bits per heavy atom. The van der Waals surface area contributed by atoms with Crippen LogP contribution in [0.2, 0.25) is 0 Å². The van der Waals surface area contributed by atoms with Crippen molar-refractivity contribution in [3.05, 3.63) is 75.8 Å². The summed E-state index contributed by atoms with van der Waals surface area (Å²) in [4.78, 5) is 11.0. The molecule has 1 aromatic heterocycles.